The molecule has 2 aliphatic rings. The summed E-state index contributed by atoms with van der Waals surface area (Å²) < 4.78 is 10.7. The number of fused-ring (bicyclic) bond motifs is 1. The highest BCUT2D eigenvalue weighted by atomic mass is 32.2. The van der Waals surface area contributed by atoms with E-state index < -0.39 is 0 Å². The third kappa shape index (κ3) is 3.54. The molecule has 0 radical (unpaired) electrons. The van der Waals surface area contributed by atoms with E-state index in [1.807, 2.05) is 24.3 Å². The molecule has 1 N–H and O–H groups in total. The van der Waals surface area contributed by atoms with Crippen LogP contribution < -0.4 is 9.47 Å². The summed E-state index contributed by atoms with van der Waals surface area (Å²) in [6.45, 7) is 4.29. The number of hydrogen-bond acceptors (Lipinski definition) is 6. The second-order valence-corrected chi connectivity index (χ2v) is 6.85. The van der Waals surface area contributed by atoms with Crippen LogP contribution in [0.15, 0.2) is 65.0 Å². The van der Waals surface area contributed by atoms with Gasteiger partial charge in [-0.15, -0.1) is 6.58 Å². The number of carbonyl (C=O) groups excluding carboxylic acids is 1. The van der Waals surface area contributed by atoms with E-state index >= 15 is 0 Å². The predicted octanol–water partition coefficient (Wildman–Crippen LogP) is 3.91. The molecular formula is C20H16N2O4S. The molecule has 0 saturated carbocycles. The molecule has 0 atom stereocenters. The van der Waals surface area contributed by atoms with Gasteiger partial charge in [0.1, 0.15) is 5.75 Å². The van der Waals surface area contributed by atoms with Crippen molar-refractivity contribution in [3.63, 3.8) is 0 Å². The lowest BCUT2D eigenvalue weighted by Crippen LogP contribution is -2.29. The Kier molecular flexibility index (Phi) is 4.60. The molecule has 1 amide bonds. The van der Waals surface area contributed by atoms with Gasteiger partial charge in [-0.05, 0) is 59.8 Å². The number of amides is 1. The van der Waals surface area contributed by atoms with Crippen molar-refractivity contribution in [2.24, 2.45) is 4.99 Å². The minimum atomic E-state index is -0.130. The second kappa shape index (κ2) is 7.20. The van der Waals surface area contributed by atoms with Crippen LogP contribution >= 0.6 is 11.8 Å². The maximum absolute atomic E-state index is 12.8. The number of phenols is 1. The van der Waals surface area contributed by atoms with E-state index in [4.69, 9.17) is 9.47 Å². The number of ether oxygens (including phenoxy) is 2. The largest absolute Gasteiger partial charge is 0.508 e. The van der Waals surface area contributed by atoms with E-state index in [0.29, 0.717) is 33.8 Å². The molecule has 2 aromatic rings. The SMILES string of the molecule is C=CCN1C(=O)/C(=C/c2ccc3c(c2)OCO3)SC1=Nc1ccc(O)cc1. The van der Waals surface area contributed by atoms with Gasteiger partial charge in [-0.1, -0.05) is 12.1 Å². The zero-order valence-electron chi connectivity index (χ0n) is 14.3. The fraction of sp³-hybridized carbons (Fsp3) is 0.100. The van der Waals surface area contributed by atoms with Gasteiger partial charge < -0.3 is 14.6 Å². The number of amidine groups is 1. The van der Waals surface area contributed by atoms with Gasteiger partial charge in [-0.25, -0.2) is 4.99 Å². The van der Waals surface area contributed by atoms with Gasteiger partial charge in [0.15, 0.2) is 16.7 Å². The number of benzene rings is 2. The molecule has 0 spiro atoms. The molecule has 2 aromatic carbocycles. The number of aromatic hydroxyl groups is 1. The van der Waals surface area contributed by atoms with Crippen molar-refractivity contribution in [3.8, 4) is 17.2 Å². The molecule has 1 fully saturated rings. The molecule has 2 aliphatic heterocycles. The molecule has 0 unspecified atom stereocenters. The first-order chi connectivity index (χ1) is 13.1. The van der Waals surface area contributed by atoms with E-state index in [1.54, 1.807) is 35.2 Å². The monoisotopic (exact) mass is 380 g/mol. The van der Waals surface area contributed by atoms with Gasteiger partial charge in [0.25, 0.3) is 5.91 Å². The predicted molar refractivity (Wildman–Crippen MR) is 105 cm³/mol. The lowest BCUT2D eigenvalue weighted by Gasteiger charge is -2.12. The molecule has 136 valence electrons. The van der Waals surface area contributed by atoms with Crippen molar-refractivity contribution in [3.05, 3.63) is 65.6 Å². The van der Waals surface area contributed by atoms with Crippen molar-refractivity contribution >= 4 is 34.6 Å². The topological polar surface area (TPSA) is 71.4 Å². The Labute approximate surface area is 160 Å². The zero-order valence-corrected chi connectivity index (χ0v) is 15.1. The Morgan fingerprint density at radius 3 is 2.74 bits per heavy atom. The average molecular weight is 380 g/mol. The lowest BCUT2D eigenvalue weighted by atomic mass is 10.2. The first kappa shape index (κ1) is 17.2. The number of carbonyl (C=O) groups is 1. The van der Waals surface area contributed by atoms with E-state index in [-0.39, 0.29) is 18.4 Å². The van der Waals surface area contributed by atoms with Crippen molar-refractivity contribution in [1.29, 1.82) is 0 Å². The molecule has 7 heteroatoms. The summed E-state index contributed by atoms with van der Waals surface area (Å²) in [5.41, 5.74) is 1.50. The zero-order chi connectivity index (χ0) is 18.8. The Morgan fingerprint density at radius 2 is 1.96 bits per heavy atom. The number of thioether (sulfide) groups is 1. The quantitative estimate of drug-likeness (QED) is 0.643. The van der Waals surface area contributed by atoms with Gasteiger partial charge >= 0.3 is 0 Å². The van der Waals surface area contributed by atoms with Crippen molar-refractivity contribution < 1.29 is 19.4 Å². The summed E-state index contributed by atoms with van der Waals surface area (Å²) in [5, 5.41) is 9.98. The third-order valence-electron chi connectivity index (χ3n) is 3.97. The summed E-state index contributed by atoms with van der Waals surface area (Å²) in [7, 11) is 0. The van der Waals surface area contributed by atoms with Crippen LogP contribution in [0.2, 0.25) is 0 Å². The maximum atomic E-state index is 12.8. The third-order valence-corrected chi connectivity index (χ3v) is 4.98. The van der Waals surface area contributed by atoms with Crippen molar-refractivity contribution in [1.82, 2.24) is 4.90 Å². The lowest BCUT2D eigenvalue weighted by molar-refractivity contribution is -0.121. The van der Waals surface area contributed by atoms with E-state index in [9.17, 15) is 9.90 Å². The Hall–Kier alpha value is -3.19. The van der Waals surface area contributed by atoms with Crippen LogP contribution in [0.25, 0.3) is 6.08 Å². The molecule has 0 aliphatic carbocycles. The van der Waals surface area contributed by atoms with E-state index in [0.717, 1.165) is 5.56 Å². The molecule has 27 heavy (non-hydrogen) atoms. The summed E-state index contributed by atoms with van der Waals surface area (Å²) in [6, 6.07) is 12.0. The Bertz CT molecular complexity index is 966. The fourth-order valence-electron chi connectivity index (χ4n) is 2.67. The standard InChI is InChI=1S/C20H16N2O4S/c1-2-9-22-19(24)18(11-13-3-8-16-17(10-13)26-12-25-16)27-20(22)21-14-4-6-15(23)7-5-14/h2-8,10-11,23H,1,9,12H2/b18-11-,21-20?. The van der Waals surface area contributed by atoms with Gasteiger partial charge in [0, 0.05) is 6.54 Å². The normalized spacial score (nSPS) is 18.5. The second-order valence-electron chi connectivity index (χ2n) is 5.84. The van der Waals surface area contributed by atoms with Crippen molar-refractivity contribution in [2.75, 3.05) is 13.3 Å². The van der Waals surface area contributed by atoms with Crippen LogP contribution in [0.4, 0.5) is 5.69 Å². The Morgan fingerprint density at radius 1 is 1.19 bits per heavy atom. The first-order valence-corrected chi connectivity index (χ1v) is 9.05. The summed E-state index contributed by atoms with van der Waals surface area (Å²) in [4.78, 5) is 19.5. The molecule has 1 saturated heterocycles. The van der Waals surface area contributed by atoms with Crippen LogP contribution in [0, 0.1) is 0 Å². The summed E-state index contributed by atoms with van der Waals surface area (Å²) >= 11 is 1.30. The van der Waals surface area contributed by atoms with Crippen LogP contribution in [0.1, 0.15) is 5.56 Å². The number of phenolic OH excluding ortho intramolecular Hbond substituents is 1. The molecule has 0 bridgehead atoms. The highest BCUT2D eigenvalue weighted by Crippen LogP contribution is 2.37. The smallest absolute Gasteiger partial charge is 0.267 e. The molecule has 2 heterocycles. The van der Waals surface area contributed by atoms with E-state index in [1.165, 1.54) is 11.8 Å². The molecular weight excluding hydrogens is 364 g/mol. The summed E-state index contributed by atoms with van der Waals surface area (Å²) in [5.74, 6) is 1.40. The fourth-order valence-corrected chi connectivity index (χ4v) is 3.68. The molecule has 0 aromatic heterocycles. The highest BCUT2D eigenvalue weighted by Gasteiger charge is 2.32. The van der Waals surface area contributed by atoms with Gasteiger partial charge in [-0.2, -0.15) is 0 Å². The van der Waals surface area contributed by atoms with Gasteiger partial charge in [-0.3, -0.25) is 9.69 Å². The van der Waals surface area contributed by atoms with Crippen LogP contribution in [0.5, 0.6) is 17.2 Å². The Balaban J connectivity index is 1.65. The van der Waals surface area contributed by atoms with Crippen molar-refractivity contribution in [2.45, 2.75) is 0 Å². The minimum Gasteiger partial charge on any atom is -0.508 e. The van der Waals surface area contributed by atoms with Gasteiger partial charge in [0.2, 0.25) is 6.79 Å². The van der Waals surface area contributed by atoms with Gasteiger partial charge in [0.05, 0.1) is 10.6 Å². The highest BCUT2D eigenvalue weighted by molar-refractivity contribution is 8.18. The maximum Gasteiger partial charge on any atom is 0.267 e. The van der Waals surface area contributed by atoms with Crippen LogP contribution in [-0.2, 0) is 4.79 Å². The number of rotatable bonds is 4. The number of hydrogen-bond donors (Lipinski definition) is 1. The molecule has 6 nitrogen and oxygen atoms in total. The number of nitrogens with zero attached hydrogens (tertiary/aromatic N) is 2. The molecule has 4 rings (SSSR count). The summed E-state index contributed by atoms with van der Waals surface area (Å²) in [6.07, 6.45) is 3.47. The minimum absolute atomic E-state index is 0.130. The first-order valence-electron chi connectivity index (χ1n) is 8.24. The number of aliphatic imine (C=N–C) groups is 1. The van der Waals surface area contributed by atoms with Crippen LogP contribution in [0.3, 0.4) is 0 Å². The average Bonchev–Trinajstić information content (AvgIpc) is 3.24. The van der Waals surface area contributed by atoms with Crippen LogP contribution in [-0.4, -0.2) is 34.4 Å². The van der Waals surface area contributed by atoms with E-state index in [2.05, 4.69) is 11.6 Å².